The molecule has 5 aliphatic rings. The van der Waals surface area contributed by atoms with Crippen molar-refractivity contribution in [2.75, 3.05) is 67.5 Å². The molecule has 14 nitrogen and oxygen atoms in total. The summed E-state index contributed by atoms with van der Waals surface area (Å²) in [7, 11) is 0. The Kier molecular flexibility index (Phi) is 11.3. The lowest BCUT2D eigenvalue weighted by molar-refractivity contribution is -0.129. The van der Waals surface area contributed by atoms with Crippen LogP contribution in [0.1, 0.15) is 92.2 Å². The molecule has 314 valence electrons. The minimum Gasteiger partial charge on any atom is -0.371 e. The Balaban J connectivity index is 0.756. The fourth-order valence-electron chi connectivity index (χ4n) is 10.2. The standard InChI is InChI=1S/C46H56N10O4/c1-30-6-13-39(45(59)49-30)56-25-18-34-26-36(11-12-38(34)46(56)60)53-23-14-31(15-24-53)28-52-21-16-33(17-22-52)32-7-9-35(10-8-32)50-44-42(43(47)58)48-27-40(51-44)54-19-2-4-37(29-54)55-20-3-5-41(55)57/h7-12,18,25-27,31,33,37,39H,1-6,13-17,19-24,28-29H2,(H2,47,58)(H,49,59)(H,50,51)/t37-,39?/m0/s1. The van der Waals surface area contributed by atoms with Crippen molar-refractivity contribution in [2.45, 2.75) is 82.2 Å². The first-order valence-electron chi connectivity index (χ1n) is 21.9. The third kappa shape index (κ3) is 8.34. The second-order valence-corrected chi connectivity index (χ2v) is 17.4. The number of nitrogens with zero attached hydrogens (tertiary/aromatic N) is 7. The Hall–Kier alpha value is -5.76. The fraction of sp³-hybridized carbons (Fsp3) is 0.478. The number of allylic oxidation sites excluding steroid dienone is 1. The second-order valence-electron chi connectivity index (χ2n) is 17.4. The van der Waals surface area contributed by atoms with E-state index in [2.05, 4.69) is 61.2 Å². The number of rotatable bonds is 10. The van der Waals surface area contributed by atoms with Gasteiger partial charge in [-0.2, -0.15) is 0 Å². The van der Waals surface area contributed by atoms with Gasteiger partial charge in [0, 0.05) is 80.4 Å². The van der Waals surface area contributed by atoms with E-state index >= 15 is 0 Å². The molecule has 60 heavy (non-hydrogen) atoms. The number of pyridine rings is 1. The van der Waals surface area contributed by atoms with Crippen molar-refractivity contribution < 1.29 is 14.4 Å². The summed E-state index contributed by atoms with van der Waals surface area (Å²) in [6.45, 7) is 11.5. The number of hydrogen-bond acceptors (Lipinski definition) is 10. The van der Waals surface area contributed by atoms with Crippen LogP contribution in [-0.4, -0.2) is 100 Å². The van der Waals surface area contributed by atoms with Crippen molar-refractivity contribution in [1.82, 2.24) is 29.7 Å². The van der Waals surface area contributed by atoms with Gasteiger partial charge in [-0.25, -0.2) is 9.97 Å². The van der Waals surface area contributed by atoms with E-state index in [1.165, 1.54) is 5.56 Å². The Morgan fingerprint density at radius 2 is 1.67 bits per heavy atom. The Morgan fingerprint density at radius 3 is 2.40 bits per heavy atom. The maximum Gasteiger partial charge on any atom is 0.271 e. The van der Waals surface area contributed by atoms with Crippen LogP contribution in [0.3, 0.4) is 0 Å². The number of carbonyl (C=O) groups excluding carboxylic acids is 3. The number of aromatic nitrogens is 3. The summed E-state index contributed by atoms with van der Waals surface area (Å²) < 4.78 is 1.57. The topological polar surface area (TPSA) is 162 Å². The summed E-state index contributed by atoms with van der Waals surface area (Å²) in [6, 6.07) is 16.2. The molecule has 9 rings (SSSR count). The number of fused-ring (bicyclic) bond motifs is 1. The maximum absolute atomic E-state index is 13.4. The molecule has 2 aromatic carbocycles. The zero-order valence-electron chi connectivity index (χ0n) is 34.4. The van der Waals surface area contributed by atoms with Crippen LogP contribution in [0.2, 0.25) is 0 Å². The molecule has 0 spiro atoms. The molecule has 3 amide bonds. The maximum atomic E-state index is 13.4. The van der Waals surface area contributed by atoms with E-state index in [0.717, 1.165) is 108 Å². The average molecular weight is 813 g/mol. The number of amides is 3. The molecule has 4 N–H and O–H groups in total. The van der Waals surface area contributed by atoms with Gasteiger partial charge in [0.1, 0.15) is 11.9 Å². The fourth-order valence-corrected chi connectivity index (χ4v) is 10.2. The molecule has 0 saturated carbocycles. The van der Waals surface area contributed by atoms with Gasteiger partial charge in [0.2, 0.25) is 11.8 Å². The molecule has 14 heteroatoms. The number of piperidine rings is 4. The normalized spacial score (nSPS) is 22.4. The largest absolute Gasteiger partial charge is 0.371 e. The molecule has 0 aliphatic carbocycles. The van der Waals surface area contributed by atoms with E-state index in [9.17, 15) is 19.2 Å². The summed E-state index contributed by atoms with van der Waals surface area (Å²) in [6.07, 6.45) is 12.6. The van der Waals surface area contributed by atoms with Gasteiger partial charge in [-0.05, 0) is 130 Å². The van der Waals surface area contributed by atoms with Gasteiger partial charge in [0.25, 0.3) is 11.5 Å². The SMILES string of the molecule is C=C1CCC(n2ccc3cc(N4CCC(CN5CCC(c6ccc(Nc7nc(N8CCC[C@H](N9CCCC9=O)C8)cnc7C(N)=O)cc6)CC5)CC4)ccc3c2=O)C(=O)N1. The highest BCUT2D eigenvalue weighted by Crippen LogP contribution is 2.33. The lowest BCUT2D eigenvalue weighted by atomic mass is 9.88. The summed E-state index contributed by atoms with van der Waals surface area (Å²) >= 11 is 0. The van der Waals surface area contributed by atoms with Crippen LogP contribution < -0.4 is 31.7 Å². The zero-order valence-corrected chi connectivity index (χ0v) is 34.4. The highest BCUT2D eigenvalue weighted by Gasteiger charge is 2.33. The number of hydrogen-bond donors (Lipinski definition) is 3. The van der Waals surface area contributed by atoms with Crippen LogP contribution in [0.5, 0.6) is 0 Å². The van der Waals surface area contributed by atoms with Crippen LogP contribution in [0.25, 0.3) is 10.8 Å². The number of anilines is 4. The molecule has 0 bridgehead atoms. The summed E-state index contributed by atoms with van der Waals surface area (Å²) in [5.74, 6) is 1.59. The van der Waals surface area contributed by atoms with Crippen molar-refractivity contribution in [3.8, 4) is 0 Å². The van der Waals surface area contributed by atoms with E-state index in [0.29, 0.717) is 60.4 Å². The Morgan fingerprint density at radius 1 is 0.867 bits per heavy atom. The van der Waals surface area contributed by atoms with Crippen molar-refractivity contribution in [3.63, 3.8) is 0 Å². The number of carbonyl (C=O) groups is 3. The molecule has 0 radical (unpaired) electrons. The molecular weight excluding hydrogens is 757 g/mol. The zero-order chi connectivity index (χ0) is 41.3. The van der Waals surface area contributed by atoms with Crippen molar-refractivity contribution in [2.24, 2.45) is 11.7 Å². The van der Waals surface area contributed by atoms with Gasteiger partial charge in [-0.3, -0.25) is 19.2 Å². The minimum absolute atomic E-state index is 0.102. The minimum atomic E-state index is -0.635. The number of nitrogens with two attached hydrogens (primary N) is 1. The first kappa shape index (κ1) is 39.7. The molecule has 5 fully saturated rings. The molecular formula is C46H56N10O4. The van der Waals surface area contributed by atoms with Gasteiger partial charge in [-0.15, -0.1) is 0 Å². The van der Waals surface area contributed by atoms with Gasteiger partial charge >= 0.3 is 0 Å². The third-order valence-electron chi connectivity index (χ3n) is 13.6. The van der Waals surface area contributed by atoms with E-state index in [4.69, 9.17) is 10.7 Å². The van der Waals surface area contributed by atoms with Gasteiger partial charge in [0.05, 0.1) is 6.20 Å². The third-order valence-corrected chi connectivity index (χ3v) is 13.6. The second kappa shape index (κ2) is 17.1. The molecule has 2 aromatic heterocycles. The van der Waals surface area contributed by atoms with Crippen LogP contribution in [0.4, 0.5) is 23.0 Å². The molecule has 1 unspecified atom stereocenters. The van der Waals surface area contributed by atoms with E-state index in [1.54, 1.807) is 17.0 Å². The number of likely N-dealkylation sites (tertiary alicyclic amines) is 2. The molecule has 4 aromatic rings. The summed E-state index contributed by atoms with van der Waals surface area (Å²) in [5.41, 5.74) is 9.68. The Bertz CT molecular complexity index is 2330. The first-order chi connectivity index (χ1) is 29.2. The van der Waals surface area contributed by atoms with Crippen LogP contribution in [0.15, 0.2) is 78.0 Å². The number of primary amides is 1. The predicted octanol–water partition coefficient (Wildman–Crippen LogP) is 5.29. The monoisotopic (exact) mass is 812 g/mol. The molecule has 7 heterocycles. The lowest BCUT2D eigenvalue weighted by Crippen LogP contribution is -2.48. The van der Waals surface area contributed by atoms with Crippen LogP contribution in [0, 0.1) is 5.92 Å². The Labute approximate surface area is 350 Å². The van der Waals surface area contributed by atoms with Gasteiger partial charge in [-0.1, -0.05) is 18.7 Å². The van der Waals surface area contributed by atoms with Crippen molar-refractivity contribution in [1.29, 1.82) is 0 Å². The van der Waals surface area contributed by atoms with E-state index in [-0.39, 0.29) is 29.1 Å². The van der Waals surface area contributed by atoms with Crippen molar-refractivity contribution in [3.05, 3.63) is 94.8 Å². The quantitative estimate of drug-likeness (QED) is 0.192. The highest BCUT2D eigenvalue weighted by molar-refractivity contribution is 5.96. The number of nitrogens with one attached hydrogen (secondary N) is 2. The molecule has 2 atom stereocenters. The average Bonchev–Trinajstić information content (AvgIpc) is 3.70. The summed E-state index contributed by atoms with van der Waals surface area (Å²) in [5, 5.41) is 7.66. The first-order valence-corrected chi connectivity index (χ1v) is 21.9. The predicted molar refractivity (Wildman–Crippen MR) is 234 cm³/mol. The van der Waals surface area contributed by atoms with Gasteiger partial charge in [0.15, 0.2) is 11.5 Å². The van der Waals surface area contributed by atoms with Crippen LogP contribution >= 0.6 is 0 Å². The highest BCUT2D eigenvalue weighted by atomic mass is 16.2. The smallest absolute Gasteiger partial charge is 0.271 e. The van der Waals surface area contributed by atoms with Crippen LogP contribution in [-0.2, 0) is 9.59 Å². The van der Waals surface area contributed by atoms with Crippen molar-refractivity contribution >= 4 is 51.5 Å². The van der Waals surface area contributed by atoms with E-state index in [1.807, 2.05) is 29.2 Å². The number of benzene rings is 2. The molecule has 5 aliphatic heterocycles. The summed E-state index contributed by atoms with van der Waals surface area (Å²) in [4.78, 5) is 69.3. The lowest BCUT2D eigenvalue weighted by Gasteiger charge is -2.38. The van der Waals surface area contributed by atoms with Gasteiger partial charge < -0.3 is 40.5 Å². The van der Waals surface area contributed by atoms with E-state index < -0.39 is 11.9 Å². The molecule has 5 saturated heterocycles.